The van der Waals surface area contributed by atoms with E-state index in [0.29, 0.717) is 11.3 Å². The largest absolute Gasteiger partial charge is 0.283 e. The minimum atomic E-state index is -3.57. The van der Waals surface area contributed by atoms with E-state index in [1.807, 2.05) is 49.4 Å². The van der Waals surface area contributed by atoms with Gasteiger partial charge in [0.25, 0.3) is 10.0 Å². The molecule has 0 saturated carbocycles. The van der Waals surface area contributed by atoms with Crippen LogP contribution in [0.15, 0.2) is 63.9 Å². The number of fused-ring (bicyclic) bond motifs is 1. The molecule has 0 fully saturated rings. The maximum Gasteiger partial charge on any atom is 0.283 e. The monoisotopic (exact) mass is 283 g/mol. The van der Waals surface area contributed by atoms with E-state index in [1.54, 1.807) is 18.2 Å². The molecular formula is C16H13NO2S. The zero-order valence-corrected chi connectivity index (χ0v) is 11.8. The summed E-state index contributed by atoms with van der Waals surface area (Å²) >= 11 is 0. The van der Waals surface area contributed by atoms with Gasteiger partial charge in [0.05, 0.1) is 10.6 Å². The fraction of sp³-hybridized carbons (Fsp3) is 0.0625. The van der Waals surface area contributed by atoms with Gasteiger partial charge in [-0.05, 0) is 18.6 Å². The van der Waals surface area contributed by atoms with Gasteiger partial charge in [-0.3, -0.25) is 0 Å². The van der Waals surface area contributed by atoms with Crippen LogP contribution in [0.4, 0.5) is 0 Å². The lowest BCUT2D eigenvalue weighted by atomic mass is 9.97. The predicted octanol–water partition coefficient (Wildman–Crippen LogP) is 3.26. The highest BCUT2D eigenvalue weighted by molar-refractivity contribution is 7.90. The third kappa shape index (κ3) is 1.98. The molecule has 2 aromatic rings. The van der Waals surface area contributed by atoms with Crippen LogP contribution in [0, 0.1) is 0 Å². The lowest BCUT2D eigenvalue weighted by Crippen LogP contribution is -2.02. The van der Waals surface area contributed by atoms with Crippen LogP contribution in [0.25, 0.3) is 6.08 Å². The van der Waals surface area contributed by atoms with Crippen LogP contribution in [0.2, 0.25) is 0 Å². The summed E-state index contributed by atoms with van der Waals surface area (Å²) in [6.45, 7) is 1.93. The van der Waals surface area contributed by atoms with E-state index in [2.05, 4.69) is 4.40 Å². The van der Waals surface area contributed by atoms with Gasteiger partial charge in [0.1, 0.15) is 0 Å². The lowest BCUT2D eigenvalue weighted by Gasteiger charge is -2.06. The van der Waals surface area contributed by atoms with E-state index in [1.165, 1.54) is 0 Å². The Bertz CT molecular complexity index is 833. The van der Waals surface area contributed by atoms with Crippen molar-refractivity contribution >= 4 is 21.8 Å². The van der Waals surface area contributed by atoms with Gasteiger partial charge >= 0.3 is 0 Å². The molecule has 3 rings (SSSR count). The number of sulfonamides is 1. The summed E-state index contributed by atoms with van der Waals surface area (Å²) in [5.41, 5.74) is 2.98. The molecule has 0 spiro atoms. The van der Waals surface area contributed by atoms with Gasteiger partial charge in [0.2, 0.25) is 0 Å². The first-order chi connectivity index (χ1) is 9.63. The quantitative estimate of drug-likeness (QED) is 0.849. The van der Waals surface area contributed by atoms with E-state index in [-0.39, 0.29) is 4.90 Å². The molecule has 1 aliphatic heterocycles. The second-order valence-corrected chi connectivity index (χ2v) is 6.07. The molecule has 0 N–H and O–H groups in total. The molecule has 1 heterocycles. The second kappa shape index (κ2) is 4.72. The van der Waals surface area contributed by atoms with Crippen molar-refractivity contribution in [3.63, 3.8) is 0 Å². The number of rotatable bonds is 2. The molecule has 0 radical (unpaired) electrons. The number of allylic oxidation sites excluding steroid dienone is 1. The Labute approximate surface area is 118 Å². The van der Waals surface area contributed by atoms with Crippen molar-refractivity contribution in [1.29, 1.82) is 0 Å². The van der Waals surface area contributed by atoms with Crippen LogP contribution in [0.5, 0.6) is 0 Å². The first-order valence-corrected chi connectivity index (χ1v) is 7.74. The van der Waals surface area contributed by atoms with Crippen molar-refractivity contribution in [2.45, 2.75) is 11.8 Å². The van der Waals surface area contributed by atoms with E-state index in [0.717, 1.165) is 11.1 Å². The van der Waals surface area contributed by atoms with Crippen molar-refractivity contribution in [1.82, 2.24) is 0 Å². The second-order valence-electron chi connectivity index (χ2n) is 4.50. The average Bonchev–Trinajstić information content (AvgIpc) is 2.72. The molecular weight excluding hydrogens is 270 g/mol. The SMILES string of the molecule is C/C=C/c1ccccc1C1=NS(=O)(=O)c2ccccc21. The average molecular weight is 283 g/mol. The third-order valence-corrected chi connectivity index (χ3v) is 4.53. The molecule has 0 saturated heterocycles. The van der Waals surface area contributed by atoms with Crippen LogP contribution in [-0.4, -0.2) is 14.1 Å². The predicted molar refractivity (Wildman–Crippen MR) is 80.4 cm³/mol. The van der Waals surface area contributed by atoms with E-state index in [9.17, 15) is 8.42 Å². The zero-order valence-electron chi connectivity index (χ0n) is 10.9. The highest BCUT2D eigenvalue weighted by Crippen LogP contribution is 2.30. The van der Waals surface area contributed by atoms with Crippen LogP contribution < -0.4 is 0 Å². The van der Waals surface area contributed by atoms with Gasteiger partial charge in [-0.2, -0.15) is 12.8 Å². The summed E-state index contributed by atoms with van der Waals surface area (Å²) in [5.74, 6) is 0. The molecule has 0 aliphatic carbocycles. The van der Waals surface area contributed by atoms with E-state index in [4.69, 9.17) is 0 Å². The molecule has 0 aromatic heterocycles. The molecule has 1 aliphatic rings. The fourth-order valence-corrected chi connectivity index (χ4v) is 3.57. The van der Waals surface area contributed by atoms with Crippen LogP contribution >= 0.6 is 0 Å². The van der Waals surface area contributed by atoms with Gasteiger partial charge in [-0.15, -0.1) is 0 Å². The summed E-state index contributed by atoms with van der Waals surface area (Å²) < 4.78 is 28.2. The van der Waals surface area contributed by atoms with Crippen LogP contribution in [0.1, 0.15) is 23.6 Å². The van der Waals surface area contributed by atoms with E-state index < -0.39 is 10.0 Å². The molecule has 3 nitrogen and oxygen atoms in total. The van der Waals surface area contributed by atoms with Gasteiger partial charge in [-0.1, -0.05) is 54.6 Å². The highest BCUT2D eigenvalue weighted by atomic mass is 32.2. The number of benzene rings is 2. The summed E-state index contributed by atoms with van der Waals surface area (Å²) in [6, 6.07) is 14.6. The molecule has 4 heteroatoms. The Kier molecular flexibility index (Phi) is 3.03. The number of nitrogens with zero attached hydrogens (tertiary/aromatic N) is 1. The molecule has 0 amide bonds. The fourth-order valence-electron chi connectivity index (χ4n) is 2.34. The van der Waals surface area contributed by atoms with Crippen molar-refractivity contribution in [2.24, 2.45) is 4.40 Å². The van der Waals surface area contributed by atoms with E-state index >= 15 is 0 Å². The van der Waals surface area contributed by atoms with Crippen molar-refractivity contribution < 1.29 is 8.42 Å². The summed E-state index contributed by atoms with van der Waals surface area (Å²) in [5, 5.41) is 0. The Morgan fingerprint density at radius 3 is 2.35 bits per heavy atom. The summed E-state index contributed by atoms with van der Waals surface area (Å²) in [7, 11) is -3.57. The topological polar surface area (TPSA) is 46.5 Å². The third-order valence-electron chi connectivity index (χ3n) is 3.19. The molecule has 100 valence electrons. The summed E-state index contributed by atoms with van der Waals surface area (Å²) in [6.07, 6.45) is 3.88. The first kappa shape index (κ1) is 12.8. The molecule has 0 bridgehead atoms. The Morgan fingerprint density at radius 2 is 1.60 bits per heavy atom. The smallest absolute Gasteiger partial charge is 0.199 e. The maximum absolute atomic E-state index is 12.1. The van der Waals surface area contributed by atoms with Crippen LogP contribution in [-0.2, 0) is 10.0 Å². The van der Waals surface area contributed by atoms with Crippen LogP contribution in [0.3, 0.4) is 0 Å². The van der Waals surface area contributed by atoms with Gasteiger partial charge in [-0.25, -0.2) is 0 Å². The molecule has 0 unspecified atom stereocenters. The minimum absolute atomic E-state index is 0.283. The standard InChI is InChI=1S/C16H13NO2S/c1-2-7-12-8-3-4-9-13(12)16-14-10-5-6-11-15(14)20(18,19)17-16/h2-11H,1H3/b7-2+. The van der Waals surface area contributed by atoms with Crippen molar-refractivity contribution in [3.05, 3.63) is 71.3 Å². The Balaban J connectivity index is 2.28. The zero-order chi connectivity index (χ0) is 14.2. The van der Waals surface area contributed by atoms with Gasteiger partial charge < -0.3 is 0 Å². The van der Waals surface area contributed by atoms with Gasteiger partial charge in [0, 0.05) is 11.1 Å². The normalized spacial score (nSPS) is 16.1. The molecule has 2 aromatic carbocycles. The Morgan fingerprint density at radius 1 is 0.950 bits per heavy atom. The van der Waals surface area contributed by atoms with Gasteiger partial charge in [0.15, 0.2) is 0 Å². The minimum Gasteiger partial charge on any atom is -0.199 e. The maximum atomic E-state index is 12.1. The first-order valence-electron chi connectivity index (χ1n) is 6.30. The highest BCUT2D eigenvalue weighted by Gasteiger charge is 2.29. The van der Waals surface area contributed by atoms with Crippen molar-refractivity contribution in [3.8, 4) is 0 Å². The van der Waals surface area contributed by atoms with Crippen molar-refractivity contribution in [2.75, 3.05) is 0 Å². The number of hydrogen-bond donors (Lipinski definition) is 0. The number of hydrogen-bond acceptors (Lipinski definition) is 2. The summed E-state index contributed by atoms with van der Waals surface area (Å²) in [4.78, 5) is 0.283. The molecule has 20 heavy (non-hydrogen) atoms. The Hall–Kier alpha value is -2.20. The molecule has 0 atom stereocenters. The lowest BCUT2D eigenvalue weighted by molar-refractivity contribution is 0.599.